The smallest absolute Gasteiger partial charge is 0.274 e. The van der Waals surface area contributed by atoms with Crippen LogP contribution in [0.1, 0.15) is 67.7 Å². The van der Waals surface area contributed by atoms with Crippen molar-refractivity contribution >= 4 is 52.5 Å². The molecular weight excluding hydrogens is 813 g/mol. The SMILES string of the molecule is CCc1cccc(-c2cnc(C(=O)N3CCC(CNCCNCC(=O)N4CCN(C(=O)c5cc(CC(=[NH2+])c6ccccc6C(N)=O)ccc5F)CC4)CC3)c(NC(=O)CCl)c2)c1. The summed E-state index contributed by atoms with van der Waals surface area (Å²) in [4.78, 5) is 73.7. The van der Waals surface area contributed by atoms with Crippen LogP contribution in [0.5, 0.6) is 0 Å². The molecule has 6 rings (SSSR count). The molecule has 1 aromatic heterocycles. The molecule has 0 bridgehead atoms. The standard InChI is InChI=1S/C46H53ClFN9O5/c1-2-30-6-5-7-33(22-30)34-25-40(54-41(58)26-47)43(53-28-34)46(62)56-16-12-31(13-17-56)27-51-14-15-52-29-42(59)55-18-20-57(21-19-55)45(61)37-23-32(10-11-38(37)48)24-39(49)35-8-3-4-9-36(35)44(50)60/h3-11,22-23,25,28,31,49,51-52H,2,12-21,24,26-27,29H2,1H3,(H2,50,60)(H,54,58)/p+1. The first-order chi connectivity index (χ1) is 29.9. The fourth-order valence-electron chi connectivity index (χ4n) is 7.79. The molecule has 0 unspecified atom stereocenters. The number of hydrogen-bond donors (Lipinski definition) is 5. The molecule has 0 aliphatic carbocycles. The zero-order chi connectivity index (χ0) is 44.2. The number of anilines is 1. The average Bonchev–Trinajstić information content (AvgIpc) is 3.30. The highest BCUT2D eigenvalue weighted by Crippen LogP contribution is 2.28. The van der Waals surface area contributed by atoms with E-state index < -0.39 is 23.5 Å². The molecule has 0 saturated carbocycles. The van der Waals surface area contributed by atoms with E-state index in [0.29, 0.717) is 67.7 Å². The van der Waals surface area contributed by atoms with E-state index in [1.807, 2.05) is 18.2 Å². The van der Waals surface area contributed by atoms with Crippen molar-refractivity contribution < 1.29 is 33.8 Å². The minimum atomic E-state index is -0.652. The molecule has 326 valence electrons. The number of halogens is 2. The lowest BCUT2D eigenvalue weighted by Gasteiger charge is -2.35. The van der Waals surface area contributed by atoms with Gasteiger partial charge in [-0.3, -0.25) is 29.4 Å². The van der Waals surface area contributed by atoms with Gasteiger partial charge in [-0.25, -0.2) is 9.37 Å². The van der Waals surface area contributed by atoms with E-state index in [1.54, 1.807) is 57.3 Å². The molecule has 3 aromatic carbocycles. The number of carbonyl (C=O) groups is 5. The van der Waals surface area contributed by atoms with Crippen LogP contribution in [-0.2, 0) is 22.4 Å². The maximum Gasteiger partial charge on any atom is 0.274 e. The van der Waals surface area contributed by atoms with E-state index >= 15 is 0 Å². The molecule has 2 aliphatic heterocycles. The summed E-state index contributed by atoms with van der Waals surface area (Å²) in [6.45, 7) is 6.55. The third-order valence-electron chi connectivity index (χ3n) is 11.4. The van der Waals surface area contributed by atoms with Gasteiger partial charge in [-0.1, -0.05) is 49.4 Å². The first-order valence-corrected chi connectivity index (χ1v) is 21.5. The van der Waals surface area contributed by atoms with Crippen LogP contribution in [0.3, 0.4) is 0 Å². The molecule has 2 fully saturated rings. The van der Waals surface area contributed by atoms with E-state index in [9.17, 15) is 28.4 Å². The molecule has 7 N–H and O–H groups in total. The summed E-state index contributed by atoms with van der Waals surface area (Å²) in [6, 6.07) is 20.8. The van der Waals surface area contributed by atoms with Gasteiger partial charge in [0.1, 0.15) is 11.7 Å². The summed E-state index contributed by atoms with van der Waals surface area (Å²) < 4.78 is 14.9. The number of aromatic nitrogens is 1. The predicted octanol–water partition coefficient (Wildman–Crippen LogP) is 2.53. The molecule has 2 aliphatic rings. The number of hydrogen-bond acceptors (Lipinski definition) is 8. The molecule has 0 spiro atoms. The van der Waals surface area contributed by atoms with Gasteiger partial charge in [0.15, 0.2) is 11.4 Å². The first kappa shape index (κ1) is 45.5. The van der Waals surface area contributed by atoms with Gasteiger partial charge >= 0.3 is 0 Å². The van der Waals surface area contributed by atoms with Gasteiger partial charge in [-0.15, -0.1) is 11.6 Å². The van der Waals surface area contributed by atoms with Crippen LogP contribution in [-0.4, -0.2) is 126 Å². The number of piperazine rings is 1. The lowest BCUT2D eigenvalue weighted by molar-refractivity contribution is -0.131. The first-order valence-electron chi connectivity index (χ1n) is 21.0. The highest BCUT2D eigenvalue weighted by Gasteiger charge is 2.29. The van der Waals surface area contributed by atoms with E-state index in [2.05, 4.69) is 33.9 Å². The summed E-state index contributed by atoms with van der Waals surface area (Å²) in [5.41, 5.74) is 10.6. The van der Waals surface area contributed by atoms with Crippen molar-refractivity contribution in [1.29, 1.82) is 0 Å². The number of nitrogens with two attached hydrogens (primary N) is 2. The third kappa shape index (κ3) is 11.7. The fraction of sp³-hybridized carbons (Fsp3) is 0.370. The molecule has 0 radical (unpaired) electrons. The molecule has 62 heavy (non-hydrogen) atoms. The Balaban J connectivity index is 0.890. The fourth-order valence-corrected chi connectivity index (χ4v) is 7.86. The number of nitrogens with one attached hydrogen (secondary N) is 3. The van der Waals surface area contributed by atoms with Crippen LogP contribution in [0.4, 0.5) is 10.1 Å². The van der Waals surface area contributed by atoms with Crippen LogP contribution in [0.25, 0.3) is 11.1 Å². The Morgan fingerprint density at radius 2 is 1.48 bits per heavy atom. The second kappa shape index (κ2) is 21.7. The number of rotatable bonds is 17. The van der Waals surface area contributed by atoms with Gasteiger partial charge < -0.3 is 36.4 Å². The minimum Gasteiger partial charge on any atom is -0.366 e. The van der Waals surface area contributed by atoms with Crippen LogP contribution in [0, 0.1) is 11.7 Å². The number of piperidine rings is 1. The average molecular weight is 867 g/mol. The van der Waals surface area contributed by atoms with E-state index in [1.165, 1.54) is 17.7 Å². The molecule has 2 saturated heterocycles. The van der Waals surface area contributed by atoms with Gasteiger partial charge in [0, 0.05) is 64.1 Å². The largest absolute Gasteiger partial charge is 0.366 e. The van der Waals surface area contributed by atoms with Gasteiger partial charge in [0.25, 0.3) is 11.8 Å². The maximum absolute atomic E-state index is 14.9. The molecule has 0 atom stereocenters. The molecule has 14 nitrogen and oxygen atoms in total. The molecule has 3 heterocycles. The lowest BCUT2D eigenvalue weighted by Crippen LogP contribution is -2.52. The van der Waals surface area contributed by atoms with Crippen molar-refractivity contribution in [3.63, 3.8) is 0 Å². The van der Waals surface area contributed by atoms with Gasteiger partial charge in [-0.2, -0.15) is 0 Å². The Hall–Kier alpha value is -6.03. The number of likely N-dealkylation sites (tertiary alicyclic amines) is 1. The minimum absolute atomic E-state index is 0.0789. The van der Waals surface area contributed by atoms with Crippen molar-refractivity contribution in [3.8, 4) is 11.1 Å². The number of alkyl halides is 1. The Kier molecular flexibility index (Phi) is 15.9. The second-order valence-electron chi connectivity index (χ2n) is 15.6. The summed E-state index contributed by atoms with van der Waals surface area (Å²) in [5.74, 6) is -2.33. The lowest BCUT2D eigenvalue weighted by atomic mass is 9.96. The Morgan fingerprint density at radius 3 is 2.19 bits per heavy atom. The Morgan fingerprint density at radius 1 is 0.790 bits per heavy atom. The molecular formula is C46H54ClFN9O5+. The zero-order valence-corrected chi connectivity index (χ0v) is 35.7. The van der Waals surface area contributed by atoms with E-state index in [-0.39, 0.29) is 60.6 Å². The van der Waals surface area contributed by atoms with Crippen molar-refractivity contribution in [2.45, 2.75) is 32.6 Å². The van der Waals surface area contributed by atoms with Gasteiger partial charge in [-0.05, 0) is 78.7 Å². The number of benzene rings is 3. The van der Waals surface area contributed by atoms with Crippen LogP contribution in [0.2, 0.25) is 0 Å². The van der Waals surface area contributed by atoms with Crippen molar-refractivity contribution in [2.75, 3.05) is 76.6 Å². The van der Waals surface area contributed by atoms with Crippen molar-refractivity contribution in [2.24, 2.45) is 11.7 Å². The summed E-state index contributed by atoms with van der Waals surface area (Å²) in [5, 5.41) is 15.7. The highest BCUT2D eigenvalue weighted by atomic mass is 35.5. The van der Waals surface area contributed by atoms with Gasteiger partial charge in [0.2, 0.25) is 17.7 Å². The number of pyridine rings is 1. The normalized spacial score (nSPS) is 14.4. The summed E-state index contributed by atoms with van der Waals surface area (Å²) in [7, 11) is 0. The zero-order valence-electron chi connectivity index (χ0n) is 34.9. The molecule has 4 aromatic rings. The molecule has 5 amide bonds. The number of primary amides is 1. The monoisotopic (exact) mass is 866 g/mol. The third-order valence-corrected chi connectivity index (χ3v) is 11.6. The van der Waals surface area contributed by atoms with E-state index in [0.717, 1.165) is 36.9 Å². The van der Waals surface area contributed by atoms with Crippen LogP contribution < -0.4 is 27.1 Å². The summed E-state index contributed by atoms with van der Waals surface area (Å²) >= 11 is 5.79. The van der Waals surface area contributed by atoms with Crippen molar-refractivity contribution in [3.05, 3.63) is 118 Å². The second-order valence-corrected chi connectivity index (χ2v) is 15.8. The quantitative estimate of drug-likeness (QED) is 0.0607. The number of carbonyl (C=O) groups excluding carboxylic acids is 5. The Labute approximate surface area is 365 Å². The maximum atomic E-state index is 14.9. The van der Waals surface area contributed by atoms with E-state index in [4.69, 9.17) is 22.7 Å². The van der Waals surface area contributed by atoms with Gasteiger partial charge in [0.05, 0.1) is 35.3 Å². The Bertz CT molecular complexity index is 2290. The topological polar surface area (TPSA) is 196 Å². The highest BCUT2D eigenvalue weighted by molar-refractivity contribution is 6.29. The predicted molar refractivity (Wildman–Crippen MR) is 236 cm³/mol. The summed E-state index contributed by atoms with van der Waals surface area (Å²) in [6.07, 6.45) is 4.35. The van der Waals surface area contributed by atoms with Crippen molar-refractivity contribution in [1.82, 2.24) is 30.3 Å². The number of nitrogens with zero attached hydrogens (tertiary/aromatic N) is 4. The van der Waals surface area contributed by atoms with Crippen LogP contribution >= 0.6 is 11.6 Å². The number of aryl methyl sites for hydroxylation is 1. The number of amides is 5. The van der Waals surface area contributed by atoms with Crippen LogP contribution in [0.15, 0.2) is 79.0 Å². The molecule has 16 heteroatoms.